The monoisotopic (exact) mass is 237 g/mol. The van der Waals surface area contributed by atoms with Crippen molar-refractivity contribution >= 4 is 11.6 Å². The summed E-state index contributed by atoms with van der Waals surface area (Å²) in [5.74, 6) is -2.63. The third-order valence-electron chi connectivity index (χ3n) is 2.04. The molecule has 0 amide bonds. The van der Waals surface area contributed by atoms with Crippen molar-refractivity contribution in [1.82, 2.24) is 0 Å². The first-order chi connectivity index (χ1) is 7.16. The lowest BCUT2D eigenvalue weighted by Crippen LogP contribution is -2.64. The quantitative estimate of drug-likeness (QED) is 0.200. The molecule has 3 unspecified atom stereocenters. The molecule has 0 aromatic heterocycles. The maximum absolute atomic E-state index is 11.1. The van der Waals surface area contributed by atoms with Crippen LogP contribution in [-0.2, 0) is 9.59 Å². The molecule has 16 heavy (non-hydrogen) atoms. The fourth-order valence-corrected chi connectivity index (χ4v) is 0.995. The van der Waals surface area contributed by atoms with Gasteiger partial charge in [0.1, 0.15) is 18.3 Å². The van der Waals surface area contributed by atoms with Crippen molar-refractivity contribution in [3.05, 3.63) is 0 Å². The second kappa shape index (κ2) is 5.43. The highest BCUT2D eigenvalue weighted by molar-refractivity contribution is 6.39. The molecule has 94 valence electrons. The minimum atomic E-state index is -3.01. The highest BCUT2D eigenvalue weighted by Crippen LogP contribution is 2.12. The van der Waals surface area contributed by atoms with E-state index in [0.717, 1.165) is 6.92 Å². The summed E-state index contributed by atoms with van der Waals surface area (Å²) in [4.78, 5) is 21.7. The van der Waals surface area contributed by atoms with E-state index >= 15 is 0 Å². The molecular weight excluding hydrogens is 222 g/mol. The van der Waals surface area contributed by atoms with Gasteiger partial charge in [-0.1, -0.05) is 0 Å². The third kappa shape index (κ3) is 3.04. The van der Waals surface area contributed by atoms with Crippen LogP contribution in [0, 0.1) is 0 Å². The third-order valence-corrected chi connectivity index (χ3v) is 2.04. The molecule has 0 radical (unpaired) electrons. The van der Waals surface area contributed by atoms with Gasteiger partial charge >= 0.3 is 0 Å². The van der Waals surface area contributed by atoms with Crippen LogP contribution in [0.4, 0.5) is 0 Å². The molecule has 0 aromatic rings. The number of hydrogen-bond acceptors (Lipinski definition) is 8. The summed E-state index contributed by atoms with van der Waals surface area (Å²) in [5.41, 5.74) is 1.97. The van der Waals surface area contributed by atoms with Crippen LogP contribution in [0.25, 0.3) is 0 Å². The number of rotatable bonds is 6. The molecule has 0 aliphatic rings. The molecule has 0 saturated carbocycles. The second-order valence-electron chi connectivity index (χ2n) is 3.40. The summed E-state index contributed by atoms with van der Waals surface area (Å²) in [6, 6.07) is 0. The van der Waals surface area contributed by atoms with Crippen molar-refractivity contribution in [1.29, 1.82) is 0 Å². The Bertz CT molecular complexity index is 278. The van der Waals surface area contributed by atoms with Crippen LogP contribution < -0.4 is 5.73 Å². The Hall–Kier alpha value is -0.900. The van der Waals surface area contributed by atoms with Gasteiger partial charge in [0.15, 0.2) is 5.78 Å². The minimum Gasteiger partial charge on any atom is -0.394 e. The maximum atomic E-state index is 11.1. The van der Waals surface area contributed by atoms with Gasteiger partial charge < -0.3 is 25.5 Å². The van der Waals surface area contributed by atoms with Gasteiger partial charge in [-0.25, -0.2) is 0 Å². The van der Waals surface area contributed by atoms with Gasteiger partial charge in [0, 0.05) is 6.92 Å². The summed E-state index contributed by atoms with van der Waals surface area (Å²) < 4.78 is 0. The molecular formula is C8H15NO7. The number of hydrogen-bond donors (Lipinski definition) is 6. The van der Waals surface area contributed by atoms with Crippen molar-refractivity contribution < 1.29 is 35.1 Å². The largest absolute Gasteiger partial charge is 0.394 e. The van der Waals surface area contributed by atoms with Gasteiger partial charge in [-0.2, -0.15) is 0 Å². The Labute approximate surface area is 90.9 Å². The number of aliphatic hydroxyl groups is 5. The van der Waals surface area contributed by atoms with E-state index in [1.54, 1.807) is 0 Å². The van der Waals surface area contributed by atoms with Crippen molar-refractivity contribution in [3.8, 4) is 0 Å². The number of carbonyl (C=O) groups excluding carboxylic acids is 2. The number of aliphatic hydroxyl groups excluding tert-OH is 4. The van der Waals surface area contributed by atoms with Crippen molar-refractivity contribution in [2.45, 2.75) is 31.0 Å². The maximum Gasteiger partial charge on any atom is 0.247 e. The number of ketones is 2. The zero-order chi connectivity index (χ0) is 13.1. The highest BCUT2D eigenvalue weighted by atomic mass is 16.4. The highest BCUT2D eigenvalue weighted by Gasteiger charge is 2.46. The van der Waals surface area contributed by atoms with E-state index in [9.17, 15) is 24.9 Å². The molecule has 4 atom stereocenters. The molecule has 0 saturated heterocycles. The molecule has 0 bridgehead atoms. The summed E-state index contributed by atoms with van der Waals surface area (Å²) in [5, 5.41) is 45.3. The zero-order valence-electron chi connectivity index (χ0n) is 8.57. The van der Waals surface area contributed by atoms with Gasteiger partial charge in [0.25, 0.3) is 0 Å². The van der Waals surface area contributed by atoms with Crippen LogP contribution in [-0.4, -0.2) is 67.7 Å². The Balaban J connectivity index is 4.88. The normalized spacial score (nSPS) is 20.7. The Kier molecular flexibility index (Phi) is 5.13. The average molecular weight is 237 g/mol. The smallest absolute Gasteiger partial charge is 0.247 e. The molecule has 0 aliphatic carbocycles. The van der Waals surface area contributed by atoms with Gasteiger partial charge in [-0.3, -0.25) is 15.3 Å². The van der Waals surface area contributed by atoms with Gasteiger partial charge in [-0.15, -0.1) is 0 Å². The van der Waals surface area contributed by atoms with Crippen LogP contribution in [0.1, 0.15) is 6.92 Å². The van der Waals surface area contributed by atoms with Gasteiger partial charge in [0.05, 0.1) is 6.61 Å². The topological polar surface area (TPSA) is 161 Å². The summed E-state index contributed by atoms with van der Waals surface area (Å²) in [6.45, 7) is -0.0930. The fourth-order valence-electron chi connectivity index (χ4n) is 0.995. The fraction of sp³-hybridized carbons (Fsp3) is 0.750. The second-order valence-corrected chi connectivity index (χ2v) is 3.40. The lowest BCUT2D eigenvalue weighted by Gasteiger charge is -2.31. The lowest BCUT2D eigenvalue weighted by molar-refractivity contribution is -0.175. The minimum absolute atomic E-state index is 0.821. The first-order valence-corrected chi connectivity index (χ1v) is 4.37. The molecule has 0 aromatic carbocycles. The van der Waals surface area contributed by atoms with E-state index < -0.39 is 42.2 Å². The summed E-state index contributed by atoms with van der Waals surface area (Å²) >= 11 is 0. The van der Waals surface area contributed by atoms with Crippen LogP contribution in [0.3, 0.4) is 0 Å². The molecule has 0 rings (SSSR count). The summed E-state index contributed by atoms with van der Waals surface area (Å²) in [6.07, 6.45) is -6.17. The van der Waals surface area contributed by atoms with E-state index in [1.807, 2.05) is 0 Å². The van der Waals surface area contributed by atoms with Gasteiger partial charge in [0.2, 0.25) is 11.5 Å². The Morgan fingerprint density at radius 2 is 1.75 bits per heavy atom. The first-order valence-electron chi connectivity index (χ1n) is 4.37. The molecule has 8 nitrogen and oxygen atoms in total. The SMILES string of the molecule is CC(=O)C(=O)[C@](N)(O)C(O)C(O)C(O)CO. The zero-order valence-corrected chi connectivity index (χ0v) is 8.57. The number of Topliss-reactive ketones (excluding diaryl/α,β-unsaturated/α-hetero) is 2. The Morgan fingerprint density at radius 3 is 2.06 bits per heavy atom. The Morgan fingerprint density at radius 1 is 1.31 bits per heavy atom. The van der Waals surface area contributed by atoms with Crippen molar-refractivity contribution in [2.24, 2.45) is 5.73 Å². The van der Waals surface area contributed by atoms with Crippen molar-refractivity contribution in [3.63, 3.8) is 0 Å². The standard InChI is InChI=1S/C8H15NO7/c1-3(11)6(14)8(9,16)7(15)5(13)4(12)2-10/h4-5,7,10,12-13,15-16H,2,9H2,1H3/t4?,5?,7?,8-/m0/s1. The van der Waals surface area contributed by atoms with Crippen LogP contribution in [0.15, 0.2) is 0 Å². The predicted molar refractivity (Wildman–Crippen MR) is 49.9 cm³/mol. The molecule has 0 spiro atoms. The van der Waals surface area contributed by atoms with Crippen LogP contribution >= 0.6 is 0 Å². The molecule has 8 heteroatoms. The lowest BCUT2D eigenvalue weighted by atomic mass is 9.93. The summed E-state index contributed by atoms with van der Waals surface area (Å²) in [7, 11) is 0. The van der Waals surface area contributed by atoms with Crippen LogP contribution in [0.2, 0.25) is 0 Å². The number of nitrogens with two attached hydrogens (primary N) is 1. The molecule has 0 aliphatic heterocycles. The van der Waals surface area contributed by atoms with E-state index in [-0.39, 0.29) is 0 Å². The molecule has 7 N–H and O–H groups in total. The number of carbonyl (C=O) groups is 2. The average Bonchev–Trinajstić information content (AvgIpc) is 2.24. The predicted octanol–water partition coefficient (Wildman–Crippen LogP) is -4.13. The molecule has 0 heterocycles. The van der Waals surface area contributed by atoms with Gasteiger partial charge in [-0.05, 0) is 0 Å². The van der Waals surface area contributed by atoms with E-state index in [4.69, 9.17) is 15.9 Å². The first kappa shape index (κ1) is 15.1. The van der Waals surface area contributed by atoms with E-state index in [2.05, 4.69) is 0 Å². The van der Waals surface area contributed by atoms with E-state index in [1.165, 1.54) is 0 Å². The van der Waals surface area contributed by atoms with E-state index in [0.29, 0.717) is 0 Å². The van der Waals surface area contributed by atoms with Crippen LogP contribution in [0.5, 0.6) is 0 Å². The van der Waals surface area contributed by atoms with Crippen molar-refractivity contribution in [2.75, 3.05) is 6.61 Å². The molecule has 0 fully saturated rings.